The Hall–Kier alpha value is -4.33. The molecule has 11 nitrogen and oxygen atoms in total. The number of carbonyl (C=O) groups excluding carboxylic acids is 1. The average Bonchev–Trinajstić information content (AvgIpc) is 3.37. The summed E-state index contributed by atoms with van der Waals surface area (Å²) in [6.07, 6.45) is 6.68. The summed E-state index contributed by atoms with van der Waals surface area (Å²) in [5, 5.41) is 8.01. The highest BCUT2D eigenvalue weighted by atomic mass is 35.5. The maximum absolute atomic E-state index is 13.9. The molecule has 1 amide bonds. The van der Waals surface area contributed by atoms with E-state index in [1.165, 1.54) is 46.6 Å². The molecule has 1 atom stereocenters. The molecule has 0 spiro atoms. The molecule has 3 aromatic heterocycles. The van der Waals surface area contributed by atoms with Crippen LogP contribution in [0.3, 0.4) is 0 Å². The molecule has 0 bridgehead atoms. The largest absolute Gasteiger partial charge is 0.388 e. The number of halogens is 4. The predicted octanol–water partition coefficient (Wildman–Crippen LogP) is 5.32. The monoisotopic (exact) mass is 631 g/mol. The number of nitrogens with one attached hydrogen (secondary N) is 1. The summed E-state index contributed by atoms with van der Waals surface area (Å²) < 4.78 is 29.6. The van der Waals surface area contributed by atoms with Crippen LogP contribution in [-0.2, 0) is 11.3 Å². The van der Waals surface area contributed by atoms with E-state index in [0.29, 0.717) is 38.6 Å². The quantitative estimate of drug-likeness (QED) is 0.114. The number of pyridine rings is 1. The van der Waals surface area contributed by atoms with Crippen molar-refractivity contribution in [1.29, 1.82) is 0 Å². The first-order valence-corrected chi connectivity index (χ1v) is 13.9. The van der Waals surface area contributed by atoms with Gasteiger partial charge in [0.05, 0.1) is 53.7 Å². The van der Waals surface area contributed by atoms with E-state index in [4.69, 9.17) is 34.8 Å². The second-order valence-corrected chi connectivity index (χ2v) is 10.5. The van der Waals surface area contributed by atoms with Crippen LogP contribution in [0.5, 0.6) is 0 Å². The number of anilines is 2. The van der Waals surface area contributed by atoms with Crippen LogP contribution in [0.25, 0.3) is 22.5 Å². The van der Waals surface area contributed by atoms with Crippen molar-refractivity contribution < 1.29 is 13.6 Å². The van der Waals surface area contributed by atoms with Gasteiger partial charge >= 0.3 is 6.55 Å². The van der Waals surface area contributed by atoms with Gasteiger partial charge in [0.2, 0.25) is 5.91 Å². The molecular formula is C28H29Cl2F2N9O2. The Bertz CT molecular complexity index is 1700. The van der Waals surface area contributed by atoms with Crippen LogP contribution in [0.4, 0.5) is 20.2 Å². The molecule has 0 saturated carbocycles. The molecule has 43 heavy (non-hydrogen) atoms. The highest BCUT2D eigenvalue weighted by molar-refractivity contribution is 6.31. The van der Waals surface area contributed by atoms with Crippen LogP contribution < -0.4 is 27.5 Å². The third-order valence-electron chi connectivity index (χ3n) is 6.48. The van der Waals surface area contributed by atoms with Gasteiger partial charge in [-0.05, 0) is 36.8 Å². The number of alkyl halides is 2. The van der Waals surface area contributed by atoms with Crippen LogP contribution >= 0.6 is 23.2 Å². The van der Waals surface area contributed by atoms with Gasteiger partial charge in [-0.2, -0.15) is 13.9 Å². The fourth-order valence-corrected chi connectivity index (χ4v) is 4.71. The summed E-state index contributed by atoms with van der Waals surface area (Å²) in [6.45, 7) is 0.747. The minimum Gasteiger partial charge on any atom is -0.388 e. The third-order valence-corrected chi connectivity index (χ3v) is 6.82. The van der Waals surface area contributed by atoms with Gasteiger partial charge in [-0.3, -0.25) is 24.1 Å². The molecule has 226 valence electrons. The molecule has 1 unspecified atom stereocenters. The van der Waals surface area contributed by atoms with Gasteiger partial charge in [0.25, 0.3) is 5.56 Å². The van der Waals surface area contributed by atoms with E-state index in [9.17, 15) is 18.4 Å². The van der Waals surface area contributed by atoms with Gasteiger partial charge in [0, 0.05) is 34.3 Å². The lowest BCUT2D eigenvalue weighted by molar-refractivity contribution is -0.119. The zero-order chi connectivity index (χ0) is 31.3. The van der Waals surface area contributed by atoms with E-state index in [-0.39, 0.29) is 40.6 Å². The third kappa shape index (κ3) is 7.55. The lowest BCUT2D eigenvalue weighted by Crippen LogP contribution is -2.26. The average molecular weight is 633 g/mol. The minimum absolute atomic E-state index is 0.0166. The van der Waals surface area contributed by atoms with E-state index < -0.39 is 12.1 Å². The van der Waals surface area contributed by atoms with Crippen molar-refractivity contribution in [1.82, 2.24) is 24.3 Å². The van der Waals surface area contributed by atoms with Crippen molar-refractivity contribution in [2.24, 2.45) is 17.5 Å². The summed E-state index contributed by atoms with van der Waals surface area (Å²) in [6, 6.07) is 9.21. The first-order chi connectivity index (χ1) is 20.5. The Morgan fingerprint density at radius 3 is 2.65 bits per heavy atom. The summed E-state index contributed by atoms with van der Waals surface area (Å²) in [7, 11) is 0. The van der Waals surface area contributed by atoms with Crippen molar-refractivity contribution in [3.8, 4) is 22.5 Å². The van der Waals surface area contributed by atoms with Crippen LogP contribution in [0.2, 0.25) is 5.02 Å². The van der Waals surface area contributed by atoms with Gasteiger partial charge in [-0.15, -0.1) is 0 Å². The van der Waals surface area contributed by atoms with Gasteiger partial charge < -0.3 is 11.1 Å². The minimum atomic E-state index is -2.96. The van der Waals surface area contributed by atoms with Crippen molar-refractivity contribution >= 4 is 40.5 Å². The summed E-state index contributed by atoms with van der Waals surface area (Å²) in [5.74, 6) is 5.45. The van der Waals surface area contributed by atoms with Crippen molar-refractivity contribution in [3.05, 3.63) is 87.5 Å². The number of hydrazine groups is 1. The van der Waals surface area contributed by atoms with Crippen molar-refractivity contribution in [2.75, 3.05) is 10.3 Å². The lowest BCUT2D eigenvalue weighted by Gasteiger charge is -2.18. The van der Waals surface area contributed by atoms with Gasteiger partial charge in [0.15, 0.2) is 0 Å². The topological polar surface area (TPSA) is 150 Å². The van der Waals surface area contributed by atoms with Gasteiger partial charge in [0.1, 0.15) is 5.16 Å². The van der Waals surface area contributed by atoms with E-state index in [0.717, 1.165) is 6.42 Å². The number of nitrogens with two attached hydrogens (primary N) is 2. The Labute approximate surface area is 255 Å². The number of carbonyl (C=O) groups is 1. The SMILES string of the molecule is CCCC(C)C(=O)Nc1cnn(C(F)F)c1-c1ccnc(Cn2cnc(-c3cc(Cl)ccc3N(N)/C=C(\N)Cl)cc2=O)c1. The maximum atomic E-state index is 13.9. The fourth-order valence-electron chi connectivity index (χ4n) is 4.43. The number of nitrogens with zero attached hydrogens (tertiary/aromatic N) is 6. The number of amides is 1. The van der Waals surface area contributed by atoms with Crippen molar-refractivity contribution in [3.63, 3.8) is 0 Å². The number of rotatable bonds is 11. The molecule has 0 aliphatic rings. The van der Waals surface area contributed by atoms with Gasteiger partial charge in [-0.25, -0.2) is 15.5 Å². The fraction of sp³-hybridized carbons (Fsp3) is 0.250. The Balaban J connectivity index is 1.65. The predicted molar refractivity (Wildman–Crippen MR) is 162 cm³/mol. The van der Waals surface area contributed by atoms with Crippen molar-refractivity contribution in [2.45, 2.75) is 39.8 Å². The summed E-state index contributed by atoms with van der Waals surface area (Å²) in [4.78, 5) is 34.5. The molecule has 4 rings (SSSR count). The maximum Gasteiger partial charge on any atom is 0.333 e. The van der Waals surface area contributed by atoms with E-state index in [2.05, 4.69) is 20.4 Å². The zero-order valence-electron chi connectivity index (χ0n) is 23.2. The molecule has 0 aliphatic heterocycles. The standard InChI is InChI=1S/C28H29Cl2F2N9O2/c1-3-4-16(2)27(43)38-22-12-37-41(28(31)32)26(22)17-7-8-35-19(9-17)13-39-15-36-21(11-25(39)42)20-10-18(29)5-6-23(20)40(34)14-24(30)33/h5-12,14-16,28H,3-4,13,33-34H2,1-2H3,(H,38,43)/b24-14-. The Kier molecular flexibility index (Phi) is 10.1. The molecule has 0 saturated heterocycles. The van der Waals surface area contributed by atoms with Crippen LogP contribution in [-0.4, -0.2) is 30.2 Å². The second kappa shape index (κ2) is 13.8. The second-order valence-electron chi connectivity index (χ2n) is 9.67. The molecule has 0 aliphatic carbocycles. The normalized spacial score (nSPS) is 12.4. The highest BCUT2D eigenvalue weighted by Crippen LogP contribution is 2.33. The summed E-state index contributed by atoms with van der Waals surface area (Å²) in [5.41, 5.74) is 7.16. The Morgan fingerprint density at radius 2 is 1.98 bits per heavy atom. The van der Waals surface area contributed by atoms with E-state index in [1.807, 2.05) is 6.92 Å². The van der Waals surface area contributed by atoms with Crippen LogP contribution in [0, 0.1) is 5.92 Å². The van der Waals surface area contributed by atoms with Crippen LogP contribution in [0.15, 0.2) is 71.3 Å². The zero-order valence-corrected chi connectivity index (χ0v) is 24.7. The smallest absolute Gasteiger partial charge is 0.333 e. The molecule has 0 radical (unpaired) electrons. The molecular weight excluding hydrogens is 603 g/mol. The first kappa shape index (κ1) is 31.6. The lowest BCUT2D eigenvalue weighted by atomic mass is 10.1. The number of hydrogen-bond donors (Lipinski definition) is 3. The highest BCUT2D eigenvalue weighted by Gasteiger charge is 2.22. The summed E-state index contributed by atoms with van der Waals surface area (Å²) >= 11 is 11.9. The molecule has 0 fully saturated rings. The molecule has 4 aromatic rings. The number of hydrogen-bond acceptors (Lipinski definition) is 8. The molecule has 15 heteroatoms. The molecule has 5 N–H and O–H groups in total. The number of benzene rings is 1. The molecule has 3 heterocycles. The van der Waals surface area contributed by atoms with E-state index in [1.54, 1.807) is 31.2 Å². The number of aromatic nitrogens is 5. The molecule has 1 aromatic carbocycles. The Morgan fingerprint density at radius 1 is 1.21 bits per heavy atom. The van der Waals surface area contributed by atoms with Crippen LogP contribution in [0.1, 0.15) is 38.9 Å². The van der Waals surface area contributed by atoms with E-state index >= 15 is 0 Å². The van der Waals surface area contributed by atoms with Gasteiger partial charge in [-0.1, -0.05) is 43.5 Å². The first-order valence-electron chi connectivity index (χ1n) is 13.1.